The molecule has 1 saturated heterocycles. The molecular weight excluding hydrogens is 423 g/mol. The molecule has 0 bridgehead atoms. The zero-order valence-corrected chi connectivity index (χ0v) is 16.4. The van der Waals surface area contributed by atoms with Crippen LogP contribution >= 0.6 is 24.0 Å². The molecule has 0 radical (unpaired) electrons. The van der Waals surface area contributed by atoms with Gasteiger partial charge in [-0.1, -0.05) is 60.4 Å². The molecule has 1 amide bonds. The molecule has 0 saturated carbocycles. The van der Waals surface area contributed by atoms with E-state index in [0.717, 1.165) is 23.9 Å². The molecule has 1 N–H and O–H groups in total. The van der Waals surface area contributed by atoms with Crippen LogP contribution in [0, 0.1) is 0 Å². The minimum atomic E-state index is -4.46. The Kier molecular flexibility index (Phi) is 6.09. The maximum absolute atomic E-state index is 12.9. The van der Waals surface area contributed by atoms with Gasteiger partial charge in [-0.3, -0.25) is 14.5 Å². The molecule has 9 heteroatoms. The number of carboxylic acid groups (broad SMARTS) is 1. The highest BCUT2D eigenvalue weighted by molar-refractivity contribution is 8.26. The van der Waals surface area contributed by atoms with E-state index in [4.69, 9.17) is 17.3 Å². The van der Waals surface area contributed by atoms with Gasteiger partial charge < -0.3 is 5.11 Å². The van der Waals surface area contributed by atoms with E-state index in [1.165, 1.54) is 17.0 Å². The van der Waals surface area contributed by atoms with Crippen LogP contribution in [-0.4, -0.2) is 26.2 Å². The number of aliphatic carboxylic acids is 1. The molecule has 1 fully saturated rings. The van der Waals surface area contributed by atoms with E-state index in [1.54, 1.807) is 30.3 Å². The summed E-state index contributed by atoms with van der Waals surface area (Å²) in [6.07, 6.45) is -2.94. The second-order valence-electron chi connectivity index (χ2n) is 6.28. The summed E-state index contributed by atoms with van der Waals surface area (Å²) in [5.74, 6) is -1.32. The van der Waals surface area contributed by atoms with Gasteiger partial charge in [0, 0.05) is 0 Å². The quantitative estimate of drug-likeness (QED) is 0.541. The zero-order valence-electron chi connectivity index (χ0n) is 14.8. The van der Waals surface area contributed by atoms with Crippen LogP contribution in [-0.2, 0) is 28.7 Å². The smallest absolute Gasteiger partial charge is 0.416 e. The molecule has 1 aliphatic rings. The topological polar surface area (TPSA) is 57.6 Å². The molecule has 150 valence electrons. The lowest BCUT2D eigenvalue weighted by Crippen LogP contribution is -2.27. The Bertz CT molecular complexity index is 1000. The number of rotatable bonds is 5. The number of carboxylic acids is 1. The molecule has 0 unspecified atom stereocenters. The number of carbonyl (C=O) groups is 2. The highest BCUT2D eigenvalue weighted by Gasteiger charge is 2.33. The summed E-state index contributed by atoms with van der Waals surface area (Å²) in [5, 5.41) is 8.80. The van der Waals surface area contributed by atoms with Crippen molar-refractivity contribution in [3.8, 4) is 0 Å². The fraction of sp³-hybridized carbons (Fsp3) is 0.150. The van der Waals surface area contributed by atoms with Gasteiger partial charge in [0.25, 0.3) is 5.91 Å². The zero-order chi connectivity index (χ0) is 21.2. The van der Waals surface area contributed by atoms with E-state index in [2.05, 4.69) is 0 Å². The summed E-state index contributed by atoms with van der Waals surface area (Å²) in [6.45, 7) is -0.0521. The monoisotopic (exact) mass is 437 g/mol. The Labute approximate surface area is 174 Å². The molecule has 0 atom stereocenters. The van der Waals surface area contributed by atoms with E-state index in [-0.39, 0.29) is 23.2 Å². The normalized spacial score (nSPS) is 16.0. The standard InChI is InChI=1S/C20H14F3NO3S2/c21-20(22,23)15-3-1-2-14(8-15)11-24-18(27)16(29-19(24)28)9-12-4-6-13(7-5-12)10-17(25)26/h1-9H,10-11H2,(H,25,26)/b16-9-. The maximum Gasteiger partial charge on any atom is 0.416 e. The van der Waals surface area contributed by atoms with Gasteiger partial charge in [0.05, 0.1) is 23.4 Å². The summed E-state index contributed by atoms with van der Waals surface area (Å²) in [7, 11) is 0. The summed E-state index contributed by atoms with van der Waals surface area (Å²) >= 11 is 6.30. The van der Waals surface area contributed by atoms with Gasteiger partial charge >= 0.3 is 12.1 Å². The summed E-state index contributed by atoms with van der Waals surface area (Å²) < 4.78 is 38.9. The Balaban J connectivity index is 1.76. The number of hydrogen-bond donors (Lipinski definition) is 1. The number of nitrogens with zero attached hydrogens (tertiary/aromatic N) is 1. The van der Waals surface area contributed by atoms with Gasteiger partial charge in [-0.05, 0) is 34.9 Å². The van der Waals surface area contributed by atoms with Crippen LogP contribution in [0.2, 0.25) is 0 Å². The average Bonchev–Trinajstić information content (AvgIpc) is 2.90. The highest BCUT2D eigenvalue weighted by atomic mass is 32.2. The third kappa shape index (κ3) is 5.24. The number of thioether (sulfide) groups is 1. The van der Waals surface area contributed by atoms with Gasteiger partial charge in [-0.15, -0.1) is 0 Å². The maximum atomic E-state index is 12.9. The minimum Gasteiger partial charge on any atom is -0.481 e. The van der Waals surface area contributed by atoms with Gasteiger partial charge in [0.1, 0.15) is 4.32 Å². The van der Waals surface area contributed by atoms with Crippen LogP contribution in [0.1, 0.15) is 22.3 Å². The molecule has 29 heavy (non-hydrogen) atoms. The summed E-state index contributed by atoms with van der Waals surface area (Å²) in [6, 6.07) is 11.5. The molecule has 2 aromatic rings. The number of amides is 1. The minimum absolute atomic E-state index is 0.0521. The van der Waals surface area contributed by atoms with Crippen LogP contribution in [0.25, 0.3) is 6.08 Å². The Morgan fingerprint density at radius 3 is 2.45 bits per heavy atom. The molecule has 3 rings (SSSR count). The molecule has 0 spiro atoms. The molecule has 4 nitrogen and oxygen atoms in total. The third-order valence-corrected chi connectivity index (χ3v) is 5.48. The van der Waals surface area contributed by atoms with Crippen molar-refractivity contribution in [2.75, 3.05) is 0 Å². The van der Waals surface area contributed by atoms with Crippen molar-refractivity contribution in [2.45, 2.75) is 19.1 Å². The molecule has 2 aromatic carbocycles. The number of thiocarbonyl (C=S) groups is 1. The Hall–Kier alpha value is -2.65. The van der Waals surface area contributed by atoms with E-state index >= 15 is 0 Å². The van der Waals surface area contributed by atoms with Gasteiger partial charge in [-0.25, -0.2) is 0 Å². The van der Waals surface area contributed by atoms with Crippen molar-refractivity contribution in [1.29, 1.82) is 0 Å². The second-order valence-corrected chi connectivity index (χ2v) is 7.95. The summed E-state index contributed by atoms with van der Waals surface area (Å²) in [4.78, 5) is 25.0. The van der Waals surface area contributed by atoms with Crippen molar-refractivity contribution < 1.29 is 27.9 Å². The molecule has 1 aliphatic heterocycles. The van der Waals surface area contributed by atoms with E-state index in [9.17, 15) is 22.8 Å². The van der Waals surface area contributed by atoms with E-state index in [1.807, 2.05) is 0 Å². The lowest BCUT2D eigenvalue weighted by atomic mass is 10.1. The van der Waals surface area contributed by atoms with E-state index in [0.29, 0.717) is 21.6 Å². The van der Waals surface area contributed by atoms with Gasteiger partial charge in [-0.2, -0.15) is 13.2 Å². The molecular formula is C20H14F3NO3S2. The van der Waals surface area contributed by atoms with Crippen LogP contribution in [0.15, 0.2) is 53.4 Å². The number of halogens is 3. The highest BCUT2D eigenvalue weighted by Crippen LogP contribution is 2.35. The first-order valence-electron chi connectivity index (χ1n) is 8.36. The van der Waals surface area contributed by atoms with Crippen molar-refractivity contribution in [2.24, 2.45) is 0 Å². The molecule has 0 aliphatic carbocycles. The number of alkyl halides is 3. The van der Waals surface area contributed by atoms with Gasteiger partial charge in [0.15, 0.2) is 0 Å². The van der Waals surface area contributed by atoms with Crippen LogP contribution in [0.5, 0.6) is 0 Å². The second kappa shape index (κ2) is 8.38. The van der Waals surface area contributed by atoms with Crippen LogP contribution in [0.3, 0.4) is 0 Å². The van der Waals surface area contributed by atoms with Crippen LogP contribution in [0.4, 0.5) is 13.2 Å². The molecule has 1 heterocycles. The predicted octanol–water partition coefficient (Wildman–Crippen LogP) is 4.73. The predicted molar refractivity (Wildman–Crippen MR) is 108 cm³/mol. The first kappa shape index (κ1) is 21.1. The SMILES string of the molecule is O=C(O)Cc1ccc(/C=C2\SC(=S)N(Cc3cccc(C(F)(F)F)c3)C2=O)cc1. The first-order valence-corrected chi connectivity index (χ1v) is 9.58. The number of hydrogen-bond acceptors (Lipinski definition) is 4. The van der Waals surface area contributed by atoms with Crippen LogP contribution < -0.4 is 0 Å². The first-order chi connectivity index (χ1) is 13.6. The fourth-order valence-corrected chi connectivity index (χ4v) is 3.98. The third-order valence-electron chi connectivity index (χ3n) is 4.10. The van der Waals surface area contributed by atoms with E-state index < -0.39 is 17.7 Å². The summed E-state index contributed by atoms with van der Waals surface area (Å²) in [5.41, 5.74) is 0.873. The Morgan fingerprint density at radius 2 is 1.83 bits per heavy atom. The van der Waals surface area contributed by atoms with Crippen molar-refractivity contribution in [3.05, 3.63) is 75.7 Å². The molecule has 0 aromatic heterocycles. The number of benzene rings is 2. The Morgan fingerprint density at radius 1 is 1.14 bits per heavy atom. The van der Waals surface area contributed by atoms with Crippen molar-refractivity contribution in [3.63, 3.8) is 0 Å². The number of carbonyl (C=O) groups excluding carboxylic acids is 1. The van der Waals surface area contributed by atoms with Crippen molar-refractivity contribution >= 4 is 46.3 Å². The average molecular weight is 437 g/mol. The largest absolute Gasteiger partial charge is 0.481 e. The lowest BCUT2D eigenvalue weighted by Gasteiger charge is -2.15. The lowest BCUT2D eigenvalue weighted by molar-refractivity contribution is -0.138. The van der Waals surface area contributed by atoms with Crippen molar-refractivity contribution in [1.82, 2.24) is 4.90 Å². The van der Waals surface area contributed by atoms with Gasteiger partial charge in [0.2, 0.25) is 0 Å². The fourth-order valence-electron chi connectivity index (χ4n) is 2.72.